The Morgan fingerprint density at radius 3 is 2.50 bits per heavy atom. The van der Waals surface area contributed by atoms with E-state index in [1.165, 1.54) is 25.3 Å². The lowest BCUT2D eigenvalue weighted by Gasteiger charge is -2.07. The molecule has 0 aliphatic heterocycles. The molecule has 0 unspecified atom stereocenters. The minimum Gasteiger partial charge on any atom is -0.462 e. The monoisotopic (exact) mass is 273 g/mol. The summed E-state index contributed by atoms with van der Waals surface area (Å²) in [5, 5.41) is 5.04. The molecule has 0 aliphatic carbocycles. The van der Waals surface area contributed by atoms with Gasteiger partial charge in [-0.2, -0.15) is 0 Å². The van der Waals surface area contributed by atoms with Crippen LogP contribution in [0.25, 0.3) is 0 Å². The first kappa shape index (κ1) is 14.6. The van der Waals surface area contributed by atoms with Crippen LogP contribution in [0.15, 0.2) is 23.1 Å². The molecule has 0 amide bonds. The zero-order valence-electron chi connectivity index (χ0n) is 10.2. The number of methoxy groups -OCH3 is 1. The molecule has 0 aromatic heterocycles. The predicted octanol–water partition coefficient (Wildman–Crippen LogP) is 0.657. The first-order valence-corrected chi connectivity index (χ1v) is 6.76. The van der Waals surface area contributed by atoms with E-state index >= 15 is 0 Å². The fourth-order valence-electron chi connectivity index (χ4n) is 1.41. The molecule has 0 atom stereocenters. The number of hydrogen-bond acceptors (Lipinski definition) is 5. The molecule has 0 aliphatic rings. The largest absolute Gasteiger partial charge is 0.462 e. The summed E-state index contributed by atoms with van der Waals surface area (Å²) in [4.78, 5) is 11.4. The Hall–Kier alpha value is -1.44. The summed E-state index contributed by atoms with van der Waals surface area (Å²) in [7, 11) is -2.41. The van der Waals surface area contributed by atoms with Crippen molar-refractivity contribution in [2.24, 2.45) is 5.14 Å². The molecule has 0 radical (unpaired) electrons. The van der Waals surface area contributed by atoms with Gasteiger partial charge in [0.25, 0.3) is 0 Å². The third-order valence-electron chi connectivity index (χ3n) is 2.12. The minimum atomic E-state index is -3.88. The topological polar surface area (TPSA) is 95.7 Å². The molecule has 1 aromatic carbocycles. The van der Waals surface area contributed by atoms with E-state index in [1.54, 1.807) is 6.92 Å². The highest BCUT2D eigenvalue weighted by atomic mass is 32.2. The average Bonchev–Trinajstić information content (AvgIpc) is 2.28. The van der Waals surface area contributed by atoms with Crippen molar-refractivity contribution < 1.29 is 22.7 Å². The Morgan fingerprint density at radius 2 is 2.00 bits per heavy atom. The molecule has 7 heteroatoms. The Labute approximate surface area is 106 Å². The van der Waals surface area contributed by atoms with Crippen molar-refractivity contribution >= 4 is 16.0 Å². The van der Waals surface area contributed by atoms with Gasteiger partial charge in [0.15, 0.2) is 0 Å². The van der Waals surface area contributed by atoms with Crippen LogP contribution in [-0.2, 0) is 26.1 Å². The smallest absolute Gasteiger partial charge is 0.338 e. The van der Waals surface area contributed by atoms with Gasteiger partial charge in [-0.1, -0.05) is 0 Å². The van der Waals surface area contributed by atoms with Crippen LogP contribution < -0.4 is 5.14 Å². The molecule has 0 bridgehead atoms. The van der Waals surface area contributed by atoms with Gasteiger partial charge in [0.05, 0.1) is 23.7 Å². The van der Waals surface area contributed by atoms with Gasteiger partial charge in [-0.25, -0.2) is 18.4 Å². The summed E-state index contributed by atoms with van der Waals surface area (Å²) in [5.74, 6) is -0.597. The number of primary sulfonamides is 1. The zero-order chi connectivity index (χ0) is 13.8. The average molecular weight is 273 g/mol. The predicted molar refractivity (Wildman–Crippen MR) is 64.5 cm³/mol. The molecule has 0 spiro atoms. The number of carbonyl (C=O) groups excluding carboxylic acids is 1. The first-order chi connectivity index (χ1) is 8.38. The minimum absolute atomic E-state index is 0.135. The van der Waals surface area contributed by atoms with Crippen LogP contribution in [0.3, 0.4) is 0 Å². The van der Waals surface area contributed by atoms with Crippen molar-refractivity contribution in [2.75, 3.05) is 13.7 Å². The van der Waals surface area contributed by atoms with Crippen LogP contribution in [0.4, 0.5) is 0 Å². The van der Waals surface area contributed by atoms with Crippen molar-refractivity contribution in [3.8, 4) is 0 Å². The lowest BCUT2D eigenvalue weighted by molar-refractivity contribution is 0.0525. The molecule has 1 aromatic rings. The molecule has 6 nitrogen and oxygen atoms in total. The molecule has 1 rings (SSSR count). The number of benzene rings is 1. The van der Waals surface area contributed by atoms with Crippen molar-refractivity contribution in [1.82, 2.24) is 0 Å². The summed E-state index contributed by atoms with van der Waals surface area (Å²) >= 11 is 0. The summed E-state index contributed by atoms with van der Waals surface area (Å²) < 4.78 is 32.3. The van der Waals surface area contributed by atoms with Gasteiger partial charge in [-0.05, 0) is 30.7 Å². The van der Waals surface area contributed by atoms with E-state index in [4.69, 9.17) is 14.6 Å². The molecular formula is C11H15NO5S. The summed E-state index contributed by atoms with van der Waals surface area (Å²) in [5.41, 5.74) is 0.669. The summed E-state index contributed by atoms with van der Waals surface area (Å²) in [6, 6.07) is 4.06. The van der Waals surface area contributed by atoms with Crippen LogP contribution in [0, 0.1) is 0 Å². The molecule has 100 valence electrons. The summed E-state index contributed by atoms with van der Waals surface area (Å²) in [6.07, 6.45) is 0. The molecule has 0 saturated heterocycles. The maximum absolute atomic E-state index is 11.6. The van der Waals surface area contributed by atoms with Crippen molar-refractivity contribution in [2.45, 2.75) is 18.4 Å². The second kappa shape index (κ2) is 5.94. The van der Waals surface area contributed by atoms with Crippen LogP contribution >= 0.6 is 0 Å². The van der Waals surface area contributed by atoms with E-state index in [2.05, 4.69) is 0 Å². The fraction of sp³-hybridized carbons (Fsp3) is 0.364. The highest BCUT2D eigenvalue weighted by Crippen LogP contribution is 2.16. The van der Waals surface area contributed by atoms with E-state index in [0.717, 1.165) is 0 Å². The van der Waals surface area contributed by atoms with Gasteiger partial charge in [-0.3, -0.25) is 0 Å². The SMILES string of the molecule is CCOC(=O)c1cc(COC)cc(S(N)(=O)=O)c1. The van der Waals surface area contributed by atoms with Gasteiger partial charge in [-0.15, -0.1) is 0 Å². The Morgan fingerprint density at radius 1 is 1.33 bits per heavy atom. The number of hydrogen-bond donors (Lipinski definition) is 1. The molecular weight excluding hydrogens is 258 g/mol. The van der Waals surface area contributed by atoms with Crippen LogP contribution in [-0.4, -0.2) is 28.1 Å². The lowest BCUT2D eigenvalue weighted by Crippen LogP contribution is -2.14. The maximum atomic E-state index is 11.6. The number of nitrogens with two attached hydrogens (primary N) is 1. The maximum Gasteiger partial charge on any atom is 0.338 e. The highest BCUT2D eigenvalue weighted by Gasteiger charge is 2.15. The molecule has 0 heterocycles. The Balaban J connectivity index is 3.26. The normalized spacial score (nSPS) is 11.3. The second-order valence-corrected chi connectivity index (χ2v) is 5.13. The number of sulfonamides is 1. The van der Waals surface area contributed by atoms with E-state index in [0.29, 0.717) is 5.56 Å². The summed E-state index contributed by atoms with van der Waals surface area (Å²) in [6.45, 7) is 2.05. The standard InChI is InChI=1S/C11H15NO5S/c1-3-17-11(13)9-4-8(7-16-2)5-10(6-9)18(12,14)15/h4-6H,3,7H2,1-2H3,(H2,12,14,15). The third-order valence-corrected chi connectivity index (χ3v) is 3.01. The lowest BCUT2D eigenvalue weighted by atomic mass is 10.1. The van der Waals surface area contributed by atoms with Crippen LogP contribution in [0.1, 0.15) is 22.8 Å². The van der Waals surface area contributed by atoms with E-state index in [-0.39, 0.29) is 23.7 Å². The molecule has 0 fully saturated rings. The fourth-order valence-corrected chi connectivity index (χ4v) is 2.01. The van der Waals surface area contributed by atoms with E-state index in [1.807, 2.05) is 0 Å². The number of rotatable bonds is 5. The van der Waals surface area contributed by atoms with E-state index < -0.39 is 16.0 Å². The van der Waals surface area contributed by atoms with Crippen molar-refractivity contribution in [3.05, 3.63) is 29.3 Å². The molecule has 2 N–H and O–H groups in total. The number of ether oxygens (including phenoxy) is 2. The van der Waals surface area contributed by atoms with Gasteiger partial charge >= 0.3 is 5.97 Å². The number of carbonyl (C=O) groups is 1. The molecule has 0 saturated carbocycles. The van der Waals surface area contributed by atoms with Gasteiger partial charge < -0.3 is 9.47 Å². The highest BCUT2D eigenvalue weighted by molar-refractivity contribution is 7.89. The third kappa shape index (κ3) is 3.80. The van der Waals surface area contributed by atoms with Crippen molar-refractivity contribution in [3.63, 3.8) is 0 Å². The van der Waals surface area contributed by atoms with Gasteiger partial charge in [0, 0.05) is 7.11 Å². The first-order valence-electron chi connectivity index (χ1n) is 5.21. The Bertz CT molecular complexity index is 538. The zero-order valence-corrected chi connectivity index (χ0v) is 11.0. The van der Waals surface area contributed by atoms with Gasteiger partial charge in [0.2, 0.25) is 10.0 Å². The van der Waals surface area contributed by atoms with Crippen LogP contribution in [0.5, 0.6) is 0 Å². The molecule has 18 heavy (non-hydrogen) atoms. The quantitative estimate of drug-likeness (QED) is 0.795. The van der Waals surface area contributed by atoms with Crippen LogP contribution in [0.2, 0.25) is 0 Å². The Kier molecular flexibility index (Phi) is 4.83. The van der Waals surface area contributed by atoms with Crippen molar-refractivity contribution in [1.29, 1.82) is 0 Å². The second-order valence-electron chi connectivity index (χ2n) is 3.56. The van der Waals surface area contributed by atoms with E-state index in [9.17, 15) is 13.2 Å². The van der Waals surface area contributed by atoms with Gasteiger partial charge in [0.1, 0.15) is 0 Å². The number of esters is 1.